The van der Waals surface area contributed by atoms with Gasteiger partial charge >= 0.3 is 0 Å². The van der Waals surface area contributed by atoms with Crippen LogP contribution in [0.4, 0.5) is 5.69 Å². The zero-order valence-electron chi connectivity index (χ0n) is 20.3. The van der Waals surface area contributed by atoms with E-state index in [0.717, 1.165) is 48.2 Å². The summed E-state index contributed by atoms with van der Waals surface area (Å²) < 4.78 is 0. The Morgan fingerprint density at radius 3 is 2.46 bits per heavy atom. The van der Waals surface area contributed by atoms with Gasteiger partial charge in [0.05, 0.1) is 24.0 Å². The van der Waals surface area contributed by atoms with Gasteiger partial charge in [0.2, 0.25) is 11.8 Å². The van der Waals surface area contributed by atoms with E-state index in [1.807, 2.05) is 17.0 Å². The number of nitrogens with one attached hydrogen (secondary N) is 1. The van der Waals surface area contributed by atoms with Gasteiger partial charge in [-0.2, -0.15) is 0 Å². The van der Waals surface area contributed by atoms with E-state index < -0.39 is 0 Å². The number of amides is 2. The molecule has 0 saturated carbocycles. The molecule has 1 aliphatic carbocycles. The highest BCUT2D eigenvalue weighted by Gasteiger charge is 2.27. The van der Waals surface area contributed by atoms with Crippen molar-refractivity contribution in [3.8, 4) is 0 Å². The van der Waals surface area contributed by atoms with Crippen molar-refractivity contribution in [2.24, 2.45) is 0 Å². The molecule has 2 aliphatic rings. The van der Waals surface area contributed by atoms with Crippen molar-refractivity contribution in [1.82, 2.24) is 14.9 Å². The molecule has 1 aromatic carbocycles. The number of carbonyl (C=O) groups excluding carboxylic acids is 2. The van der Waals surface area contributed by atoms with Crippen LogP contribution < -0.4 is 5.32 Å². The predicted molar refractivity (Wildman–Crippen MR) is 137 cm³/mol. The van der Waals surface area contributed by atoms with Gasteiger partial charge in [0, 0.05) is 38.0 Å². The van der Waals surface area contributed by atoms with Gasteiger partial charge in [-0.15, -0.1) is 0 Å². The lowest BCUT2D eigenvalue weighted by Crippen LogP contribution is -2.37. The number of carbonyl (C=O) groups is 2. The fourth-order valence-corrected chi connectivity index (χ4v) is 5.19. The van der Waals surface area contributed by atoms with Gasteiger partial charge in [-0.1, -0.05) is 29.3 Å². The average Bonchev–Trinajstić information content (AvgIpc) is 3.00. The maximum Gasteiger partial charge on any atom is 0.227 e. The zero-order chi connectivity index (χ0) is 24.4. The molecule has 5 rings (SSSR count). The Labute approximate surface area is 206 Å². The lowest BCUT2D eigenvalue weighted by Gasteiger charge is -2.30. The van der Waals surface area contributed by atoms with E-state index in [2.05, 4.69) is 41.5 Å². The molecule has 3 heterocycles. The Kier molecular flexibility index (Phi) is 6.45. The molecule has 3 aromatic rings. The molecule has 35 heavy (non-hydrogen) atoms. The zero-order valence-corrected chi connectivity index (χ0v) is 20.3. The van der Waals surface area contributed by atoms with Crippen LogP contribution in [0, 0.1) is 6.92 Å². The minimum Gasteiger partial charge on any atom is -0.342 e. The maximum atomic E-state index is 12.9. The third-order valence-electron chi connectivity index (χ3n) is 6.90. The number of pyridine rings is 2. The van der Waals surface area contributed by atoms with E-state index in [-0.39, 0.29) is 11.8 Å². The topological polar surface area (TPSA) is 75.2 Å². The molecule has 1 aliphatic heterocycles. The third-order valence-corrected chi connectivity index (χ3v) is 6.90. The second kappa shape index (κ2) is 9.82. The molecule has 178 valence electrons. The van der Waals surface area contributed by atoms with Gasteiger partial charge in [0.1, 0.15) is 0 Å². The third kappa shape index (κ3) is 5.02. The van der Waals surface area contributed by atoms with Gasteiger partial charge in [-0.05, 0) is 73.1 Å². The first-order valence-corrected chi connectivity index (χ1v) is 12.2. The van der Waals surface area contributed by atoms with Crippen LogP contribution in [0.15, 0.2) is 60.6 Å². The maximum absolute atomic E-state index is 12.9. The molecule has 6 heteroatoms. The summed E-state index contributed by atoms with van der Waals surface area (Å²) in [5, 5.41) is 2.87. The molecule has 0 unspecified atom stereocenters. The van der Waals surface area contributed by atoms with Crippen molar-refractivity contribution in [3.63, 3.8) is 0 Å². The lowest BCUT2D eigenvalue weighted by molar-refractivity contribution is -0.130. The fourth-order valence-electron chi connectivity index (χ4n) is 5.19. The second-order valence-electron chi connectivity index (χ2n) is 9.47. The Hall–Kier alpha value is -3.80. The Balaban J connectivity index is 1.47. The number of hydrogen-bond acceptors (Lipinski definition) is 4. The Morgan fingerprint density at radius 1 is 0.971 bits per heavy atom. The molecular formula is C29H30N4O2. The van der Waals surface area contributed by atoms with E-state index in [4.69, 9.17) is 4.98 Å². The molecule has 6 nitrogen and oxygen atoms in total. The van der Waals surface area contributed by atoms with E-state index in [0.29, 0.717) is 19.5 Å². The molecule has 0 atom stereocenters. The molecule has 1 N–H and O–H groups in total. The molecule has 1 saturated heterocycles. The van der Waals surface area contributed by atoms with Crippen molar-refractivity contribution < 1.29 is 9.59 Å². The number of rotatable bonds is 3. The van der Waals surface area contributed by atoms with Crippen LogP contribution in [-0.2, 0) is 28.9 Å². The van der Waals surface area contributed by atoms with E-state index in [9.17, 15) is 9.59 Å². The summed E-state index contributed by atoms with van der Waals surface area (Å²) in [4.78, 5) is 35.4. The predicted octanol–water partition coefficient (Wildman–Crippen LogP) is 4.51. The highest BCUT2D eigenvalue weighted by atomic mass is 16.2. The first-order valence-electron chi connectivity index (χ1n) is 12.2. The minimum absolute atomic E-state index is 0.0957. The summed E-state index contributed by atoms with van der Waals surface area (Å²) in [6.07, 6.45) is 9.10. The summed E-state index contributed by atoms with van der Waals surface area (Å²) in [6.45, 7) is 5.07. The summed E-state index contributed by atoms with van der Waals surface area (Å²) in [5.41, 5.74) is 10.3. The fraction of sp³-hybridized carbons (Fsp3) is 0.310. The van der Waals surface area contributed by atoms with Crippen molar-refractivity contribution in [2.45, 2.75) is 46.0 Å². The molecule has 0 bridgehead atoms. The standard InChI is InChI=1S/C29H30N4O2/c1-19-3-6-26-23(15-19)4-5-24-17-25(32-20(2)34)18-31-29(24)28(26)22-9-13-33(14-10-22)27(35)16-21-7-11-30-12-8-21/h3,6-8,11-12,15,17-18H,4-5,9-10,13-14,16H2,1-2H3,(H,32,34). The van der Waals surface area contributed by atoms with E-state index in [1.165, 1.54) is 34.8 Å². The van der Waals surface area contributed by atoms with Crippen LogP contribution in [0.2, 0.25) is 0 Å². The van der Waals surface area contributed by atoms with Crippen LogP contribution in [0.3, 0.4) is 0 Å². The first kappa shape index (κ1) is 23.0. The Bertz CT molecular complexity index is 1300. The molecule has 2 aromatic heterocycles. The number of likely N-dealkylation sites (tertiary alicyclic amines) is 1. The number of aryl methyl sites for hydroxylation is 3. The monoisotopic (exact) mass is 466 g/mol. The summed E-state index contributed by atoms with van der Waals surface area (Å²) in [6, 6.07) is 12.5. The molecular weight excluding hydrogens is 436 g/mol. The number of aromatic nitrogens is 2. The highest BCUT2D eigenvalue weighted by molar-refractivity contribution is 5.90. The van der Waals surface area contributed by atoms with Gasteiger partial charge in [-0.3, -0.25) is 19.6 Å². The molecule has 0 spiro atoms. The Morgan fingerprint density at radius 2 is 1.71 bits per heavy atom. The quantitative estimate of drug-likeness (QED) is 0.616. The number of fused-ring (bicyclic) bond motifs is 2. The number of nitrogens with zero attached hydrogens (tertiary/aromatic N) is 3. The summed E-state index contributed by atoms with van der Waals surface area (Å²) in [5.74, 6) is 0.0669. The van der Waals surface area contributed by atoms with E-state index in [1.54, 1.807) is 18.6 Å². The van der Waals surface area contributed by atoms with Crippen LogP contribution in [0.1, 0.15) is 53.3 Å². The average molecular weight is 467 g/mol. The summed E-state index contributed by atoms with van der Waals surface area (Å²) >= 11 is 0. The molecule has 2 amide bonds. The highest BCUT2D eigenvalue weighted by Crippen LogP contribution is 2.38. The van der Waals surface area contributed by atoms with Crippen molar-refractivity contribution >= 4 is 23.1 Å². The summed E-state index contributed by atoms with van der Waals surface area (Å²) in [7, 11) is 0. The molecule has 1 fully saturated rings. The largest absolute Gasteiger partial charge is 0.342 e. The van der Waals surface area contributed by atoms with Crippen LogP contribution in [0.5, 0.6) is 0 Å². The van der Waals surface area contributed by atoms with Gasteiger partial charge in [0.15, 0.2) is 0 Å². The van der Waals surface area contributed by atoms with Crippen LogP contribution >= 0.6 is 0 Å². The number of anilines is 1. The number of hydrogen-bond donors (Lipinski definition) is 1. The number of benzene rings is 1. The SMILES string of the molecule is CC(=O)Nc1cnc2c(c1)CCc1cc(C)ccc1C2=C1CCN(C(=O)Cc2ccncc2)CC1. The lowest BCUT2D eigenvalue weighted by atomic mass is 9.88. The van der Waals surface area contributed by atoms with Gasteiger partial charge in [-0.25, -0.2) is 0 Å². The smallest absolute Gasteiger partial charge is 0.227 e. The van der Waals surface area contributed by atoms with Crippen molar-refractivity contribution in [3.05, 3.63) is 94.1 Å². The van der Waals surface area contributed by atoms with Crippen molar-refractivity contribution in [2.75, 3.05) is 18.4 Å². The second-order valence-corrected chi connectivity index (χ2v) is 9.47. The number of piperidine rings is 1. The first-order chi connectivity index (χ1) is 17.0. The molecule has 0 radical (unpaired) electrons. The van der Waals surface area contributed by atoms with Gasteiger partial charge in [0.25, 0.3) is 0 Å². The van der Waals surface area contributed by atoms with Gasteiger partial charge < -0.3 is 10.2 Å². The minimum atomic E-state index is -0.0957. The van der Waals surface area contributed by atoms with Crippen LogP contribution in [0.25, 0.3) is 5.57 Å². The van der Waals surface area contributed by atoms with Crippen molar-refractivity contribution in [1.29, 1.82) is 0 Å². The van der Waals surface area contributed by atoms with Crippen LogP contribution in [-0.4, -0.2) is 39.8 Å². The normalized spacial score (nSPS) is 15.2. The van der Waals surface area contributed by atoms with E-state index >= 15 is 0 Å².